The highest BCUT2D eigenvalue weighted by Gasteiger charge is 2.48. The molecule has 2 unspecified atom stereocenters. The van der Waals surface area contributed by atoms with Crippen LogP contribution in [0.1, 0.15) is 16.2 Å². The maximum atomic E-state index is 12.5. The second-order valence-corrected chi connectivity index (χ2v) is 6.22. The first-order chi connectivity index (χ1) is 13.6. The summed E-state index contributed by atoms with van der Waals surface area (Å²) in [7, 11) is 0. The number of amides is 3. The van der Waals surface area contributed by atoms with E-state index in [-0.39, 0.29) is 12.2 Å². The molecule has 1 saturated heterocycles. The third-order valence-electron chi connectivity index (χ3n) is 4.43. The lowest BCUT2D eigenvalue weighted by Crippen LogP contribution is -2.55. The molecule has 2 atom stereocenters. The van der Waals surface area contributed by atoms with Crippen LogP contribution in [-0.4, -0.2) is 49.8 Å². The Morgan fingerprint density at radius 3 is 2.68 bits per heavy atom. The molecule has 0 radical (unpaired) electrons. The number of hydrogen-bond acceptors (Lipinski definition) is 6. The van der Waals surface area contributed by atoms with E-state index in [9.17, 15) is 14.7 Å². The molecule has 0 saturated carbocycles. The number of aliphatic hydroxyl groups is 1. The number of carbonyl (C=O) groups is 2. The van der Waals surface area contributed by atoms with Crippen LogP contribution in [0.4, 0.5) is 4.79 Å². The van der Waals surface area contributed by atoms with E-state index in [1.54, 1.807) is 24.4 Å². The summed E-state index contributed by atoms with van der Waals surface area (Å²) < 4.78 is 0. The van der Waals surface area contributed by atoms with Gasteiger partial charge in [-0.3, -0.25) is 9.78 Å². The van der Waals surface area contributed by atoms with Gasteiger partial charge in [0.1, 0.15) is 5.54 Å². The molecule has 10 heteroatoms. The molecule has 1 aliphatic heterocycles. The molecule has 28 heavy (non-hydrogen) atoms. The Hall–Kier alpha value is -3.79. The average molecular weight is 379 g/mol. The Morgan fingerprint density at radius 1 is 1.21 bits per heavy atom. The minimum Gasteiger partial charge on any atom is -0.371 e. The quantitative estimate of drug-likeness (QED) is 0.490. The van der Waals surface area contributed by atoms with Crippen molar-refractivity contribution in [3.8, 4) is 5.69 Å². The van der Waals surface area contributed by atoms with Crippen LogP contribution in [0.2, 0.25) is 0 Å². The van der Waals surface area contributed by atoms with Gasteiger partial charge in [0, 0.05) is 6.20 Å². The van der Waals surface area contributed by atoms with Crippen molar-refractivity contribution in [2.24, 2.45) is 0 Å². The molecule has 142 valence electrons. The van der Waals surface area contributed by atoms with E-state index in [0.717, 1.165) is 0 Å². The molecule has 1 aliphatic rings. The minimum absolute atomic E-state index is 0.0963. The summed E-state index contributed by atoms with van der Waals surface area (Å²) in [5.41, 5.74) is -0.0706. The van der Waals surface area contributed by atoms with Crippen LogP contribution in [0, 0.1) is 0 Å². The summed E-state index contributed by atoms with van der Waals surface area (Å²) in [6.45, 7) is -0.0963. The van der Waals surface area contributed by atoms with Crippen molar-refractivity contribution in [2.45, 2.75) is 11.8 Å². The molecule has 0 bridgehead atoms. The van der Waals surface area contributed by atoms with Gasteiger partial charge in [0.05, 0.1) is 24.1 Å². The highest BCUT2D eigenvalue weighted by molar-refractivity contribution is 5.92. The predicted octanol–water partition coefficient (Wildman–Crippen LogP) is -0.0812. The van der Waals surface area contributed by atoms with Crippen LogP contribution in [0.5, 0.6) is 0 Å². The van der Waals surface area contributed by atoms with Crippen molar-refractivity contribution < 1.29 is 14.7 Å². The van der Waals surface area contributed by atoms with Crippen molar-refractivity contribution in [3.05, 3.63) is 72.3 Å². The summed E-state index contributed by atoms with van der Waals surface area (Å²) >= 11 is 0. The minimum atomic E-state index is -1.30. The monoisotopic (exact) mass is 379 g/mol. The van der Waals surface area contributed by atoms with Crippen molar-refractivity contribution in [1.29, 1.82) is 0 Å². The number of aliphatic hydroxyl groups excluding tert-OH is 1. The van der Waals surface area contributed by atoms with Gasteiger partial charge in [-0.25, -0.2) is 4.79 Å². The summed E-state index contributed by atoms with van der Waals surface area (Å²) in [4.78, 5) is 29.9. The van der Waals surface area contributed by atoms with Crippen molar-refractivity contribution in [3.63, 3.8) is 0 Å². The van der Waals surface area contributed by atoms with Gasteiger partial charge in [-0.1, -0.05) is 24.3 Å². The molecule has 4 rings (SSSR count). The molecule has 1 aromatic carbocycles. The molecule has 0 aliphatic carbocycles. The summed E-state index contributed by atoms with van der Waals surface area (Å²) in [5.74, 6) is -0.495. The predicted molar refractivity (Wildman–Crippen MR) is 97.3 cm³/mol. The SMILES string of the molecule is O=C1NC(O)C(CNC(=O)c2cnn(-c3ccccc3)n2)(c2ccccn2)N1. The van der Waals surface area contributed by atoms with Crippen LogP contribution in [0.15, 0.2) is 60.9 Å². The number of urea groups is 1. The third kappa shape index (κ3) is 3.16. The van der Waals surface area contributed by atoms with Gasteiger partial charge in [0.25, 0.3) is 5.91 Å². The smallest absolute Gasteiger partial charge is 0.317 e. The Morgan fingerprint density at radius 2 is 2.00 bits per heavy atom. The lowest BCUT2D eigenvalue weighted by Gasteiger charge is -2.30. The maximum absolute atomic E-state index is 12.5. The number of hydrogen-bond donors (Lipinski definition) is 4. The largest absolute Gasteiger partial charge is 0.371 e. The van der Waals surface area contributed by atoms with Crippen LogP contribution in [-0.2, 0) is 5.54 Å². The van der Waals surface area contributed by atoms with Gasteiger partial charge < -0.3 is 21.1 Å². The lowest BCUT2D eigenvalue weighted by molar-refractivity contribution is 0.0707. The van der Waals surface area contributed by atoms with Crippen LogP contribution >= 0.6 is 0 Å². The zero-order valence-corrected chi connectivity index (χ0v) is 14.6. The number of aromatic nitrogens is 4. The fourth-order valence-electron chi connectivity index (χ4n) is 2.98. The number of carbonyl (C=O) groups excluding carboxylic acids is 2. The maximum Gasteiger partial charge on any atom is 0.317 e. The first kappa shape index (κ1) is 17.6. The molecule has 10 nitrogen and oxygen atoms in total. The fourth-order valence-corrected chi connectivity index (χ4v) is 2.98. The molecule has 3 heterocycles. The Labute approximate surface area is 159 Å². The lowest BCUT2D eigenvalue weighted by atomic mass is 9.93. The number of benzene rings is 1. The van der Waals surface area contributed by atoms with E-state index in [1.165, 1.54) is 11.0 Å². The zero-order chi connectivity index (χ0) is 19.6. The van der Waals surface area contributed by atoms with E-state index in [2.05, 4.69) is 31.1 Å². The number of rotatable bonds is 5. The molecule has 4 N–H and O–H groups in total. The number of pyridine rings is 1. The summed E-state index contributed by atoms with van der Waals surface area (Å²) in [5, 5.41) is 26.4. The zero-order valence-electron chi connectivity index (χ0n) is 14.6. The Bertz CT molecular complexity index is 993. The standard InChI is InChI=1S/C18H17N7O3/c26-15(13-10-21-25(24-13)12-6-2-1-3-7-12)20-11-18(14-8-4-5-9-19-14)16(27)22-17(28)23-18/h1-10,16,27H,11H2,(H,20,26)(H2,22,23,28). The highest BCUT2D eigenvalue weighted by atomic mass is 16.3. The number of nitrogens with one attached hydrogen (secondary N) is 3. The second kappa shape index (κ2) is 7.08. The van der Waals surface area contributed by atoms with E-state index in [0.29, 0.717) is 11.4 Å². The molecule has 3 amide bonds. The van der Waals surface area contributed by atoms with Gasteiger partial charge in [0.15, 0.2) is 11.9 Å². The van der Waals surface area contributed by atoms with E-state index < -0.39 is 23.7 Å². The molecular formula is C18H17N7O3. The highest BCUT2D eigenvalue weighted by Crippen LogP contribution is 2.25. The van der Waals surface area contributed by atoms with Gasteiger partial charge in [0.2, 0.25) is 0 Å². The topological polar surface area (TPSA) is 134 Å². The normalized spacial score (nSPS) is 21.0. The molecule has 2 aromatic heterocycles. The van der Waals surface area contributed by atoms with Crippen LogP contribution in [0.25, 0.3) is 5.69 Å². The Kier molecular flexibility index (Phi) is 4.45. The van der Waals surface area contributed by atoms with Gasteiger partial charge >= 0.3 is 6.03 Å². The second-order valence-electron chi connectivity index (χ2n) is 6.22. The molecule has 3 aromatic rings. The van der Waals surface area contributed by atoms with E-state index in [4.69, 9.17) is 0 Å². The van der Waals surface area contributed by atoms with Crippen LogP contribution < -0.4 is 16.0 Å². The summed E-state index contributed by atoms with van der Waals surface area (Å²) in [6.07, 6.45) is 1.62. The van der Waals surface area contributed by atoms with E-state index >= 15 is 0 Å². The number of para-hydroxylation sites is 1. The molecule has 0 spiro atoms. The fraction of sp³-hybridized carbons (Fsp3) is 0.167. The van der Waals surface area contributed by atoms with Gasteiger partial charge in [-0.15, -0.1) is 5.10 Å². The van der Waals surface area contributed by atoms with Crippen LogP contribution in [0.3, 0.4) is 0 Å². The Balaban J connectivity index is 1.53. The first-order valence-electron chi connectivity index (χ1n) is 8.53. The van der Waals surface area contributed by atoms with Crippen molar-refractivity contribution in [1.82, 2.24) is 35.9 Å². The third-order valence-corrected chi connectivity index (χ3v) is 4.43. The molecular weight excluding hydrogens is 362 g/mol. The van der Waals surface area contributed by atoms with Crippen molar-refractivity contribution >= 4 is 11.9 Å². The average Bonchev–Trinajstić information content (AvgIpc) is 3.33. The molecule has 1 fully saturated rings. The summed E-state index contributed by atoms with van der Waals surface area (Å²) in [6, 6.07) is 13.7. The van der Waals surface area contributed by atoms with Gasteiger partial charge in [-0.05, 0) is 24.3 Å². The number of nitrogens with zero attached hydrogens (tertiary/aromatic N) is 4. The first-order valence-corrected chi connectivity index (χ1v) is 8.53. The van der Waals surface area contributed by atoms with Gasteiger partial charge in [-0.2, -0.15) is 9.90 Å². The van der Waals surface area contributed by atoms with E-state index in [1.807, 2.05) is 30.3 Å². The van der Waals surface area contributed by atoms with Crippen molar-refractivity contribution in [2.75, 3.05) is 6.54 Å².